The Bertz CT molecular complexity index is 815. The first-order chi connectivity index (χ1) is 11.4. The summed E-state index contributed by atoms with van der Waals surface area (Å²) in [6.07, 6.45) is 3.68. The fourth-order valence-electron chi connectivity index (χ4n) is 2.74. The summed E-state index contributed by atoms with van der Waals surface area (Å²) in [5, 5.41) is 0. The molecule has 1 aliphatic heterocycles. The number of hydrogen-bond donors (Lipinski definition) is 0. The second-order valence-corrected chi connectivity index (χ2v) is 9.54. The highest BCUT2D eigenvalue weighted by Crippen LogP contribution is 2.25. The van der Waals surface area contributed by atoms with Crippen LogP contribution in [0.2, 0.25) is 0 Å². The maximum atomic E-state index is 12.7. The van der Waals surface area contributed by atoms with E-state index < -0.39 is 10.0 Å². The molecular weight excluding hydrogens is 340 g/mol. The number of aryl methyl sites for hydroxylation is 1. The van der Waals surface area contributed by atoms with Crippen molar-refractivity contribution in [3.63, 3.8) is 0 Å². The lowest BCUT2D eigenvalue weighted by atomic mass is 10.0. The van der Waals surface area contributed by atoms with E-state index in [1.807, 2.05) is 12.3 Å². The van der Waals surface area contributed by atoms with Gasteiger partial charge in [0, 0.05) is 29.1 Å². The van der Waals surface area contributed by atoms with E-state index in [2.05, 4.69) is 24.9 Å². The van der Waals surface area contributed by atoms with Crippen LogP contribution in [-0.4, -0.2) is 32.0 Å². The van der Waals surface area contributed by atoms with Gasteiger partial charge in [-0.05, 0) is 62.1 Å². The summed E-state index contributed by atoms with van der Waals surface area (Å²) < 4.78 is 26.9. The molecule has 2 aromatic rings. The van der Waals surface area contributed by atoms with Crippen LogP contribution in [0.25, 0.3) is 0 Å². The number of benzene rings is 1. The summed E-state index contributed by atoms with van der Waals surface area (Å²) in [6, 6.07) is 10.9. The van der Waals surface area contributed by atoms with Crippen LogP contribution in [0.4, 0.5) is 5.69 Å². The maximum absolute atomic E-state index is 12.7. The zero-order valence-corrected chi connectivity index (χ0v) is 15.6. The third kappa shape index (κ3) is 3.94. The molecule has 0 spiro atoms. The van der Waals surface area contributed by atoms with Crippen LogP contribution in [0.15, 0.2) is 46.3 Å². The summed E-state index contributed by atoms with van der Waals surface area (Å²) in [5.74, 6) is 0.606. The second kappa shape index (κ2) is 7.17. The molecule has 1 aromatic carbocycles. The number of hydrogen-bond acceptors (Lipinski definition) is 4. The van der Waals surface area contributed by atoms with Gasteiger partial charge in [-0.15, -0.1) is 11.3 Å². The van der Waals surface area contributed by atoms with Crippen LogP contribution in [0.5, 0.6) is 0 Å². The summed E-state index contributed by atoms with van der Waals surface area (Å²) in [7, 11) is -3.38. The smallest absolute Gasteiger partial charge is 0.243 e. The van der Waals surface area contributed by atoms with Crippen LogP contribution in [-0.2, 0) is 10.0 Å². The topological polar surface area (TPSA) is 49.7 Å². The first-order valence-electron chi connectivity index (χ1n) is 8.16. The van der Waals surface area contributed by atoms with Gasteiger partial charge < -0.3 is 0 Å². The van der Waals surface area contributed by atoms with Crippen molar-refractivity contribution in [1.82, 2.24) is 4.31 Å². The molecule has 0 radical (unpaired) electrons. The van der Waals surface area contributed by atoms with Gasteiger partial charge in [0.15, 0.2) is 0 Å². The first-order valence-corrected chi connectivity index (χ1v) is 10.4. The van der Waals surface area contributed by atoms with Crippen LogP contribution in [0.1, 0.15) is 29.5 Å². The Morgan fingerprint density at radius 3 is 2.38 bits per heavy atom. The number of piperidine rings is 1. The van der Waals surface area contributed by atoms with Crippen molar-refractivity contribution >= 4 is 33.3 Å². The van der Waals surface area contributed by atoms with Gasteiger partial charge >= 0.3 is 0 Å². The largest absolute Gasteiger partial charge is 0.255 e. The summed E-state index contributed by atoms with van der Waals surface area (Å²) in [4.78, 5) is 7.10. The first kappa shape index (κ1) is 17.3. The Labute approximate surface area is 147 Å². The van der Waals surface area contributed by atoms with Crippen LogP contribution < -0.4 is 0 Å². The minimum absolute atomic E-state index is 0.350. The lowest BCUT2D eigenvalue weighted by Crippen LogP contribution is -2.37. The van der Waals surface area contributed by atoms with Crippen LogP contribution >= 0.6 is 11.3 Å². The third-order valence-corrected chi connectivity index (χ3v) is 7.17. The number of nitrogens with zero attached hydrogens (tertiary/aromatic N) is 2. The summed E-state index contributed by atoms with van der Waals surface area (Å²) in [6.45, 7) is 5.46. The molecule has 0 atom stereocenters. The highest BCUT2D eigenvalue weighted by atomic mass is 32.2. The molecular formula is C18H22N2O2S2. The van der Waals surface area contributed by atoms with E-state index in [9.17, 15) is 8.42 Å². The molecule has 128 valence electrons. The molecule has 6 heteroatoms. The molecule has 1 aliphatic rings. The molecule has 0 amide bonds. The van der Waals surface area contributed by atoms with Crippen molar-refractivity contribution in [2.45, 2.75) is 31.6 Å². The molecule has 1 fully saturated rings. The molecule has 0 saturated carbocycles. The van der Waals surface area contributed by atoms with E-state index in [-0.39, 0.29) is 0 Å². The van der Waals surface area contributed by atoms with Gasteiger partial charge in [-0.1, -0.05) is 6.92 Å². The normalized spacial score (nSPS) is 17.6. The Hall–Kier alpha value is -1.50. The highest BCUT2D eigenvalue weighted by molar-refractivity contribution is 7.89. The number of aliphatic imine (C=N–C) groups is 1. The van der Waals surface area contributed by atoms with Gasteiger partial charge in [-0.3, -0.25) is 4.99 Å². The van der Waals surface area contributed by atoms with Crippen molar-refractivity contribution in [1.29, 1.82) is 0 Å². The zero-order valence-electron chi connectivity index (χ0n) is 14.0. The van der Waals surface area contributed by atoms with Crippen molar-refractivity contribution in [2.24, 2.45) is 10.9 Å². The zero-order chi connectivity index (χ0) is 17.2. The van der Waals surface area contributed by atoms with Gasteiger partial charge in [-0.25, -0.2) is 8.42 Å². The molecule has 0 bridgehead atoms. The van der Waals surface area contributed by atoms with Crippen molar-refractivity contribution in [3.05, 3.63) is 46.2 Å². The van der Waals surface area contributed by atoms with Crippen LogP contribution in [0.3, 0.4) is 0 Å². The van der Waals surface area contributed by atoms with E-state index in [4.69, 9.17) is 0 Å². The van der Waals surface area contributed by atoms with Gasteiger partial charge in [-0.2, -0.15) is 4.31 Å². The van der Waals surface area contributed by atoms with E-state index in [0.29, 0.717) is 23.9 Å². The minimum atomic E-state index is -3.38. The quantitative estimate of drug-likeness (QED) is 0.764. The standard InChI is InChI=1S/C18H22N2O2S2/c1-14-9-11-20(12-10-14)24(21,22)18-7-4-16(5-8-18)19-13-17-6-3-15(2)23-17/h3-8,13-14H,9-12H2,1-2H3. The molecule has 0 aliphatic carbocycles. The molecule has 3 rings (SSSR count). The average Bonchev–Trinajstić information content (AvgIpc) is 2.99. The van der Waals surface area contributed by atoms with Gasteiger partial charge in [0.1, 0.15) is 0 Å². The van der Waals surface area contributed by atoms with Gasteiger partial charge in [0.2, 0.25) is 10.0 Å². The second-order valence-electron chi connectivity index (χ2n) is 6.29. The number of thiophene rings is 1. The molecule has 0 N–H and O–H groups in total. The van der Waals surface area contributed by atoms with Gasteiger partial charge in [0.25, 0.3) is 0 Å². The predicted molar refractivity (Wildman–Crippen MR) is 99.9 cm³/mol. The van der Waals surface area contributed by atoms with Crippen LogP contribution in [0, 0.1) is 12.8 Å². The summed E-state index contributed by atoms with van der Waals surface area (Å²) >= 11 is 1.68. The molecule has 0 unspecified atom stereocenters. The minimum Gasteiger partial charge on any atom is -0.255 e. The Balaban J connectivity index is 1.73. The Kier molecular flexibility index (Phi) is 5.18. The van der Waals surface area contributed by atoms with Gasteiger partial charge in [0.05, 0.1) is 10.6 Å². The SMILES string of the molecule is Cc1ccc(C=Nc2ccc(S(=O)(=O)N3CCC(C)CC3)cc2)s1. The van der Waals surface area contributed by atoms with Crippen molar-refractivity contribution in [3.8, 4) is 0 Å². The van der Waals surface area contributed by atoms with E-state index >= 15 is 0 Å². The van der Waals surface area contributed by atoms with E-state index in [1.165, 1.54) is 4.88 Å². The number of rotatable bonds is 4. The lowest BCUT2D eigenvalue weighted by Gasteiger charge is -2.29. The molecule has 1 saturated heterocycles. The van der Waals surface area contributed by atoms with Crippen molar-refractivity contribution < 1.29 is 8.42 Å². The lowest BCUT2D eigenvalue weighted by molar-refractivity contribution is 0.288. The molecule has 24 heavy (non-hydrogen) atoms. The summed E-state index contributed by atoms with van der Waals surface area (Å²) in [5.41, 5.74) is 0.757. The fraction of sp³-hybridized carbons (Fsp3) is 0.389. The Morgan fingerprint density at radius 1 is 1.12 bits per heavy atom. The third-order valence-electron chi connectivity index (χ3n) is 4.32. The molecule has 1 aromatic heterocycles. The highest BCUT2D eigenvalue weighted by Gasteiger charge is 2.27. The molecule has 2 heterocycles. The maximum Gasteiger partial charge on any atom is 0.243 e. The molecule has 4 nitrogen and oxygen atoms in total. The van der Waals surface area contributed by atoms with Crippen molar-refractivity contribution in [2.75, 3.05) is 13.1 Å². The Morgan fingerprint density at radius 2 is 1.79 bits per heavy atom. The monoisotopic (exact) mass is 362 g/mol. The predicted octanol–water partition coefficient (Wildman–Crippen LogP) is 4.23. The average molecular weight is 363 g/mol. The number of sulfonamides is 1. The van der Waals surface area contributed by atoms with E-state index in [1.54, 1.807) is 39.9 Å². The van der Waals surface area contributed by atoms with E-state index in [0.717, 1.165) is 23.4 Å². The fourth-order valence-corrected chi connectivity index (χ4v) is 4.96.